The molecule has 9 rings (SSSR count). The molecule has 8 aromatic rings. The van der Waals surface area contributed by atoms with Crippen molar-refractivity contribution in [3.63, 3.8) is 0 Å². The Labute approximate surface area is 288 Å². The zero-order valence-corrected chi connectivity index (χ0v) is 26.7. The summed E-state index contributed by atoms with van der Waals surface area (Å²) in [6.45, 7) is 0. The highest BCUT2D eigenvalue weighted by Crippen LogP contribution is 2.43. The van der Waals surface area contributed by atoms with Gasteiger partial charge in [-0.05, 0) is 76.3 Å². The number of nitriles is 1. The van der Waals surface area contributed by atoms with E-state index >= 15 is 0 Å². The number of para-hydroxylation sites is 1. The van der Waals surface area contributed by atoms with Crippen molar-refractivity contribution in [2.45, 2.75) is 0 Å². The van der Waals surface area contributed by atoms with Crippen LogP contribution in [0.4, 0.5) is 5.69 Å². The van der Waals surface area contributed by atoms with Gasteiger partial charge < -0.3 is 4.57 Å². The van der Waals surface area contributed by atoms with Crippen LogP contribution in [0.15, 0.2) is 164 Å². The van der Waals surface area contributed by atoms with Crippen molar-refractivity contribution in [2.75, 3.05) is 4.90 Å². The maximum Gasteiger partial charge on any atom is 0.268 e. The fraction of sp³-hybridized carbons (Fsp3) is 0. The van der Waals surface area contributed by atoms with Crippen molar-refractivity contribution in [1.29, 1.82) is 5.26 Å². The first-order valence-corrected chi connectivity index (χ1v) is 16.4. The van der Waals surface area contributed by atoms with Crippen molar-refractivity contribution in [1.82, 2.24) is 4.57 Å². The zero-order chi connectivity index (χ0) is 33.8. The number of amides is 2. The molecule has 0 saturated carbocycles. The topological polar surface area (TPSA) is 66.1 Å². The fourth-order valence-electron chi connectivity index (χ4n) is 7.31. The number of benzene rings is 7. The molecule has 1 aromatic heterocycles. The summed E-state index contributed by atoms with van der Waals surface area (Å²) in [5.41, 5.74) is 10.1. The Morgan fingerprint density at radius 1 is 0.460 bits per heavy atom. The molecule has 7 aromatic carbocycles. The lowest BCUT2D eigenvalue weighted by molar-refractivity contribution is 0.0926. The fourth-order valence-corrected chi connectivity index (χ4v) is 7.31. The zero-order valence-electron chi connectivity index (χ0n) is 26.7. The van der Waals surface area contributed by atoms with Crippen LogP contribution in [0.3, 0.4) is 0 Å². The van der Waals surface area contributed by atoms with Crippen LogP contribution in [-0.4, -0.2) is 16.4 Å². The molecule has 0 fully saturated rings. The average Bonchev–Trinajstić information content (AvgIpc) is 3.66. The number of fused-ring (bicyclic) bond motifs is 4. The van der Waals surface area contributed by atoms with E-state index in [1.165, 1.54) is 4.90 Å². The molecule has 234 valence electrons. The average molecular weight is 642 g/mol. The summed E-state index contributed by atoms with van der Waals surface area (Å²) in [6, 6.07) is 55.5. The number of rotatable bonds is 5. The van der Waals surface area contributed by atoms with Crippen LogP contribution < -0.4 is 4.90 Å². The first kappa shape index (κ1) is 29.1. The van der Waals surface area contributed by atoms with Gasteiger partial charge in [-0.1, -0.05) is 115 Å². The molecule has 0 bridgehead atoms. The normalized spacial score (nSPS) is 12.4. The smallest absolute Gasteiger partial charge is 0.268 e. The first-order chi connectivity index (χ1) is 24.6. The number of nitrogens with zero attached hydrogens (tertiary/aromatic N) is 3. The Hall–Kier alpha value is -7.03. The van der Waals surface area contributed by atoms with E-state index in [0.29, 0.717) is 28.1 Å². The number of carbonyl (C=O) groups excluding carboxylic acids is 2. The maximum absolute atomic E-state index is 14.7. The molecule has 5 nitrogen and oxygen atoms in total. The van der Waals surface area contributed by atoms with E-state index < -0.39 is 0 Å². The van der Waals surface area contributed by atoms with Gasteiger partial charge in [-0.25, -0.2) is 4.90 Å². The molecule has 50 heavy (non-hydrogen) atoms. The number of hydrogen-bond donors (Lipinski definition) is 0. The maximum atomic E-state index is 14.7. The summed E-state index contributed by atoms with van der Waals surface area (Å²) < 4.78 is 2.10. The van der Waals surface area contributed by atoms with Crippen LogP contribution in [0.25, 0.3) is 60.9 Å². The Morgan fingerprint density at radius 3 is 1.84 bits per heavy atom. The van der Waals surface area contributed by atoms with Crippen molar-refractivity contribution < 1.29 is 9.59 Å². The standard InChI is InChI=1S/C45H27N3O2/c46-28-29-21-23-32(24-22-29)34-16-9-19-40-42(34)35-15-7-8-18-38(35)47(40)41-20-10-17-36-43(41)45(50)48(44(36)49)39-26-25-33(30-11-3-1-4-12-30)27-37(39)31-13-5-2-6-14-31/h1-27H. The molecule has 2 heterocycles. The minimum Gasteiger partial charge on any atom is -0.308 e. The summed E-state index contributed by atoms with van der Waals surface area (Å²) in [4.78, 5) is 30.4. The molecule has 2 amide bonds. The highest BCUT2D eigenvalue weighted by molar-refractivity contribution is 6.36. The third kappa shape index (κ3) is 4.47. The monoisotopic (exact) mass is 641 g/mol. The number of imide groups is 1. The van der Waals surface area contributed by atoms with Crippen molar-refractivity contribution >= 4 is 39.3 Å². The van der Waals surface area contributed by atoms with Gasteiger partial charge in [-0.15, -0.1) is 0 Å². The summed E-state index contributed by atoms with van der Waals surface area (Å²) in [5, 5.41) is 11.4. The predicted octanol–water partition coefficient (Wildman–Crippen LogP) is 10.5. The summed E-state index contributed by atoms with van der Waals surface area (Å²) in [7, 11) is 0. The molecular formula is C45H27N3O2. The van der Waals surface area contributed by atoms with Crippen LogP contribution in [0.1, 0.15) is 26.3 Å². The minimum absolute atomic E-state index is 0.351. The predicted molar refractivity (Wildman–Crippen MR) is 199 cm³/mol. The van der Waals surface area contributed by atoms with E-state index in [2.05, 4.69) is 47.0 Å². The van der Waals surface area contributed by atoms with Gasteiger partial charge in [0.15, 0.2) is 0 Å². The molecular weight excluding hydrogens is 615 g/mol. The lowest BCUT2D eigenvalue weighted by Gasteiger charge is -2.20. The molecule has 0 N–H and O–H groups in total. The Kier molecular flexibility index (Phi) is 6.75. The lowest BCUT2D eigenvalue weighted by Crippen LogP contribution is -2.30. The van der Waals surface area contributed by atoms with Gasteiger partial charge in [0.05, 0.1) is 45.2 Å². The third-order valence-corrected chi connectivity index (χ3v) is 9.59. The number of aromatic nitrogens is 1. The van der Waals surface area contributed by atoms with E-state index in [1.807, 2.05) is 121 Å². The Morgan fingerprint density at radius 2 is 1.08 bits per heavy atom. The molecule has 0 unspecified atom stereocenters. The minimum atomic E-state index is -0.362. The van der Waals surface area contributed by atoms with Gasteiger partial charge in [-0.2, -0.15) is 5.26 Å². The second-order valence-electron chi connectivity index (χ2n) is 12.4. The summed E-state index contributed by atoms with van der Waals surface area (Å²) in [5.74, 6) is -0.713. The highest BCUT2D eigenvalue weighted by atomic mass is 16.2. The van der Waals surface area contributed by atoms with E-state index in [-0.39, 0.29) is 11.8 Å². The van der Waals surface area contributed by atoms with Crippen LogP contribution in [-0.2, 0) is 0 Å². The van der Waals surface area contributed by atoms with Crippen LogP contribution in [0.5, 0.6) is 0 Å². The van der Waals surface area contributed by atoms with E-state index in [4.69, 9.17) is 0 Å². The molecule has 0 radical (unpaired) electrons. The second-order valence-corrected chi connectivity index (χ2v) is 12.4. The molecule has 1 aliphatic rings. The Bertz CT molecular complexity index is 2690. The van der Waals surface area contributed by atoms with Crippen LogP contribution >= 0.6 is 0 Å². The number of anilines is 1. The van der Waals surface area contributed by atoms with E-state index in [0.717, 1.165) is 55.2 Å². The molecule has 0 atom stereocenters. The van der Waals surface area contributed by atoms with Gasteiger partial charge in [-0.3, -0.25) is 9.59 Å². The number of carbonyl (C=O) groups is 2. The van der Waals surface area contributed by atoms with Crippen molar-refractivity contribution in [2.24, 2.45) is 0 Å². The van der Waals surface area contributed by atoms with Gasteiger partial charge in [0.2, 0.25) is 0 Å². The van der Waals surface area contributed by atoms with Crippen LogP contribution in [0.2, 0.25) is 0 Å². The van der Waals surface area contributed by atoms with Crippen molar-refractivity contribution in [3.05, 3.63) is 180 Å². The highest BCUT2D eigenvalue weighted by Gasteiger charge is 2.40. The second kappa shape index (κ2) is 11.6. The van der Waals surface area contributed by atoms with Crippen molar-refractivity contribution in [3.8, 4) is 45.1 Å². The Balaban J connectivity index is 1.24. The number of hydrogen-bond acceptors (Lipinski definition) is 3. The van der Waals surface area contributed by atoms with E-state index in [9.17, 15) is 14.9 Å². The first-order valence-electron chi connectivity index (χ1n) is 16.4. The summed E-state index contributed by atoms with van der Waals surface area (Å²) >= 11 is 0. The molecule has 0 saturated heterocycles. The van der Waals surface area contributed by atoms with Gasteiger partial charge in [0, 0.05) is 16.3 Å². The SMILES string of the molecule is N#Cc1ccc(-c2cccc3c2c2ccccc2n3-c2cccc3c2C(=O)N(c2ccc(-c4ccccc4)cc2-c2ccccc2)C3=O)cc1. The molecule has 0 aliphatic carbocycles. The molecule has 5 heteroatoms. The van der Waals surface area contributed by atoms with Crippen LogP contribution in [0, 0.1) is 11.3 Å². The van der Waals surface area contributed by atoms with Gasteiger partial charge in [0.25, 0.3) is 11.8 Å². The molecule has 1 aliphatic heterocycles. The van der Waals surface area contributed by atoms with Gasteiger partial charge >= 0.3 is 0 Å². The summed E-state index contributed by atoms with van der Waals surface area (Å²) in [6.07, 6.45) is 0. The quantitative estimate of drug-likeness (QED) is 0.176. The lowest BCUT2D eigenvalue weighted by atomic mass is 9.97. The van der Waals surface area contributed by atoms with Gasteiger partial charge in [0.1, 0.15) is 0 Å². The third-order valence-electron chi connectivity index (χ3n) is 9.59. The molecule has 0 spiro atoms. The van der Waals surface area contributed by atoms with E-state index in [1.54, 1.807) is 6.07 Å². The largest absolute Gasteiger partial charge is 0.308 e.